The molecule has 100 valence electrons. The number of hydrogen-bond acceptors (Lipinski definition) is 3. The number of benzene rings is 1. The first-order valence-corrected chi connectivity index (χ1v) is 6.32. The Labute approximate surface area is 111 Å². The smallest absolute Gasteiger partial charge is 0.336 e. The maximum Gasteiger partial charge on any atom is 0.336 e. The van der Waals surface area contributed by atoms with Gasteiger partial charge in [-0.05, 0) is 36.6 Å². The van der Waals surface area contributed by atoms with Crippen molar-refractivity contribution in [2.24, 2.45) is 0 Å². The molecule has 0 aliphatic carbocycles. The molecule has 0 atom stereocenters. The van der Waals surface area contributed by atoms with E-state index >= 15 is 0 Å². The average molecular weight is 259 g/mol. The van der Waals surface area contributed by atoms with Crippen LogP contribution in [0.15, 0.2) is 27.4 Å². The first-order chi connectivity index (χ1) is 9.01. The highest BCUT2D eigenvalue weighted by atomic mass is 16.4. The summed E-state index contributed by atoms with van der Waals surface area (Å²) >= 11 is 0. The van der Waals surface area contributed by atoms with Gasteiger partial charge in [-0.2, -0.15) is 0 Å². The maximum absolute atomic E-state index is 11.6. The van der Waals surface area contributed by atoms with E-state index < -0.39 is 0 Å². The number of rotatable bonds is 3. The number of amides is 1. The molecule has 2 aromatic rings. The Morgan fingerprint density at radius 1 is 1.26 bits per heavy atom. The third kappa shape index (κ3) is 2.84. The van der Waals surface area contributed by atoms with Crippen LogP contribution in [0.4, 0.5) is 0 Å². The summed E-state index contributed by atoms with van der Waals surface area (Å²) in [5.41, 5.74) is 3.02. The van der Waals surface area contributed by atoms with Crippen molar-refractivity contribution in [3.63, 3.8) is 0 Å². The predicted octanol–water partition coefficient (Wildman–Crippen LogP) is 2.44. The van der Waals surface area contributed by atoms with Crippen molar-refractivity contribution in [3.8, 4) is 0 Å². The van der Waals surface area contributed by atoms with Crippen LogP contribution >= 0.6 is 0 Å². The summed E-state index contributed by atoms with van der Waals surface area (Å²) in [6.45, 7) is 6.04. The zero-order valence-electron chi connectivity index (χ0n) is 11.4. The number of fused-ring (bicyclic) bond motifs is 1. The minimum atomic E-state index is -0.389. The number of nitrogens with one attached hydrogen (secondary N) is 1. The van der Waals surface area contributed by atoms with Gasteiger partial charge in [-0.3, -0.25) is 4.79 Å². The first kappa shape index (κ1) is 13.3. The van der Waals surface area contributed by atoms with Crippen LogP contribution in [0.5, 0.6) is 0 Å². The molecule has 4 nitrogen and oxygen atoms in total. The third-order valence-corrected chi connectivity index (χ3v) is 3.06. The van der Waals surface area contributed by atoms with Crippen LogP contribution in [0.1, 0.15) is 30.0 Å². The molecular formula is C15H17NO3. The average Bonchev–Trinajstić information content (AvgIpc) is 2.36. The molecule has 4 heteroatoms. The Hall–Kier alpha value is -2.10. The molecule has 0 aliphatic heterocycles. The van der Waals surface area contributed by atoms with Gasteiger partial charge in [-0.25, -0.2) is 4.79 Å². The van der Waals surface area contributed by atoms with E-state index in [2.05, 4.69) is 5.32 Å². The van der Waals surface area contributed by atoms with Gasteiger partial charge in [0.25, 0.3) is 0 Å². The van der Waals surface area contributed by atoms with Crippen LogP contribution in [0.2, 0.25) is 0 Å². The highest BCUT2D eigenvalue weighted by molar-refractivity contribution is 5.84. The molecule has 0 bridgehead atoms. The Bertz CT molecular complexity index is 686. The fourth-order valence-electron chi connectivity index (χ4n) is 2.14. The molecule has 1 N–H and O–H groups in total. The van der Waals surface area contributed by atoms with Crippen LogP contribution in [0, 0.1) is 13.8 Å². The van der Waals surface area contributed by atoms with Crippen molar-refractivity contribution < 1.29 is 9.21 Å². The fraction of sp³-hybridized carbons (Fsp3) is 0.333. The van der Waals surface area contributed by atoms with E-state index in [0.29, 0.717) is 18.5 Å². The summed E-state index contributed by atoms with van der Waals surface area (Å²) in [7, 11) is 0. The molecule has 0 spiro atoms. The number of hydrogen-bond donors (Lipinski definition) is 1. The van der Waals surface area contributed by atoms with Crippen LogP contribution in [-0.2, 0) is 11.3 Å². The van der Waals surface area contributed by atoms with Gasteiger partial charge in [0, 0.05) is 24.4 Å². The second-order valence-corrected chi connectivity index (χ2v) is 4.68. The highest BCUT2D eigenvalue weighted by Gasteiger charge is 2.09. The minimum absolute atomic E-state index is 0.0363. The van der Waals surface area contributed by atoms with Crippen LogP contribution < -0.4 is 10.9 Å². The molecular weight excluding hydrogens is 242 g/mol. The molecule has 0 unspecified atom stereocenters. The molecule has 0 saturated carbocycles. The standard InChI is InChI=1S/C15H17NO3/c1-4-13(17)16-8-11-7-14(18)19-15-10(3)5-9(2)6-12(11)15/h5-7H,4,8H2,1-3H3,(H,16,17). The van der Waals surface area contributed by atoms with E-state index in [1.807, 2.05) is 26.0 Å². The third-order valence-electron chi connectivity index (χ3n) is 3.06. The van der Waals surface area contributed by atoms with Gasteiger partial charge >= 0.3 is 5.63 Å². The number of aryl methyl sites for hydroxylation is 2. The summed E-state index contributed by atoms with van der Waals surface area (Å²) in [4.78, 5) is 22.9. The lowest BCUT2D eigenvalue weighted by Crippen LogP contribution is -2.22. The summed E-state index contributed by atoms with van der Waals surface area (Å²) in [6.07, 6.45) is 0.428. The summed E-state index contributed by atoms with van der Waals surface area (Å²) in [5, 5.41) is 3.67. The van der Waals surface area contributed by atoms with Crippen molar-refractivity contribution in [2.45, 2.75) is 33.7 Å². The topological polar surface area (TPSA) is 59.3 Å². The summed E-state index contributed by atoms with van der Waals surface area (Å²) < 4.78 is 5.25. The Morgan fingerprint density at radius 2 is 2.00 bits per heavy atom. The Kier molecular flexibility index (Phi) is 3.69. The molecule has 1 aromatic carbocycles. The van der Waals surface area contributed by atoms with E-state index in [-0.39, 0.29) is 11.5 Å². The molecule has 0 radical (unpaired) electrons. The predicted molar refractivity (Wildman–Crippen MR) is 74.1 cm³/mol. The van der Waals surface area contributed by atoms with Gasteiger partial charge in [0.05, 0.1) is 0 Å². The molecule has 1 amide bonds. The van der Waals surface area contributed by atoms with Gasteiger partial charge in [0.15, 0.2) is 0 Å². The highest BCUT2D eigenvalue weighted by Crippen LogP contribution is 2.22. The summed E-state index contributed by atoms with van der Waals surface area (Å²) in [6, 6.07) is 5.38. The van der Waals surface area contributed by atoms with E-state index in [1.54, 1.807) is 6.92 Å². The second kappa shape index (κ2) is 5.26. The van der Waals surface area contributed by atoms with Gasteiger partial charge in [0.1, 0.15) is 5.58 Å². The molecule has 2 rings (SSSR count). The van der Waals surface area contributed by atoms with Crippen molar-refractivity contribution in [2.75, 3.05) is 0 Å². The van der Waals surface area contributed by atoms with Crippen LogP contribution in [0.25, 0.3) is 11.0 Å². The Balaban J connectivity index is 2.53. The van der Waals surface area contributed by atoms with E-state index in [1.165, 1.54) is 6.07 Å². The number of carbonyl (C=O) groups is 1. The van der Waals surface area contributed by atoms with Crippen molar-refractivity contribution in [1.29, 1.82) is 0 Å². The Morgan fingerprint density at radius 3 is 2.68 bits per heavy atom. The zero-order chi connectivity index (χ0) is 14.0. The van der Waals surface area contributed by atoms with E-state index in [9.17, 15) is 9.59 Å². The SMILES string of the molecule is CCC(=O)NCc1cc(=O)oc2c(C)cc(C)cc12. The lowest BCUT2D eigenvalue weighted by molar-refractivity contribution is -0.120. The first-order valence-electron chi connectivity index (χ1n) is 6.32. The largest absolute Gasteiger partial charge is 0.422 e. The minimum Gasteiger partial charge on any atom is -0.422 e. The van der Waals surface area contributed by atoms with Crippen molar-refractivity contribution in [1.82, 2.24) is 5.32 Å². The number of carbonyl (C=O) groups excluding carboxylic acids is 1. The van der Waals surface area contributed by atoms with Crippen molar-refractivity contribution in [3.05, 3.63) is 45.3 Å². The lowest BCUT2D eigenvalue weighted by Gasteiger charge is -2.09. The van der Waals surface area contributed by atoms with Crippen LogP contribution in [0.3, 0.4) is 0 Å². The molecule has 0 aliphatic rings. The van der Waals surface area contributed by atoms with Gasteiger partial charge in [-0.15, -0.1) is 0 Å². The normalized spacial score (nSPS) is 10.7. The second-order valence-electron chi connectivity index (χ2n) is 4.68. The van der Waals surface area contributed by atoms with Gasteiger partial charge in [0.2, 0.25) is 5.91 Å². The monoisotopic (exact) mass is 259 g/mol. The molecule has 1 aromatic heterocycles. The van der Waals surface area contributed by atoms with E-state index in [4.69, 9.17) is 4.42 Å². The molecule has 19 heavy (non-hydrogen) atoms. The molecule has 0 fully saturated rings. The van der Waals surface area contributed by atoms with Crippen molar-refractivity contribution >= 4 is 16.9 Å². The fourth-order valence-corrected chi connectivity index (χ4v) is 2.14. The zero-order valence-corrected chi connectivity index (χ0v) is 11.4. The lowest BCUT2D eigenvalue weighted by atomic mass is 10.0. The van der Waals surface area contributed by atoms with Gasteiger partial charge in [-0.1, -0.05) is 13.0 Å². The van der Waals surface area contributed by atoms with Gasteiger partial charge < -0.3 is 9.73 Å². The quantitative estimate of drug-likeness (QED) is 0.861. The summed E-state index contributed by atoms with van der Waals surface area (Å²) in [5.74, 6) is -0.0363. The molecule has 1 heterocycles. The van der Waals surface area contributed by atoms with E-state index in [0.717, 1.165) is 22.1 Å². The molecule has 0 saturated heterocycles. The maximum atomic E-state index is 11.6. The van der Waals surface area contributed by atoms with Crippen LogP contribution in [-0.4, -0.2) is 5.91 Å².